The molecule has 2 atom stereocenters. The first-order valence-electron chi connectivity index (χ1n) is 8.57. The predicted molar refractivity (Wildman–Crippen MR) is 82.0 cm³/mol. The highest BCUT2D eigenvalue weighted by molar-refractivity contribution is 4.87. The lowest BCUT2D eigenvalue weighted by Crippen LogP contribution is -2.56. The number of morpholine rings is 1. The molecule has 2 saturated heterocycles. The molecule has 4 nitrogen and oxygen atoms in total. The van der Waals surface area contributed by atoms with Gasteiger partial charge in [0, 0.05) is 45.3 Å². The molecule has 1 saturated carbocycles. The zero-order valence-corrected chi connectivity index (χ0v) is 13.0. The van der Waals surface area contributed by atoms with Crippen molar-refractivity contribution in [3.63, 3.8) is 0 Å². The highest BCUT2D eigenvalue weighted by Gasteiger charge is 2.29. The van der Waals surface area contributed by atoms with Crippen molar-refractivity contribution in [2.45, 2.75) is 44.2 Å². The predicted octanol–water partition coefficient (Wildman–Crippen LogP) is 1.17. The third kappa shape index (κ3) is 3.94. The van der Waals surface area contributed by atoms with Crippen LogP contribution in [0.2, 0.25) is 0 Å². The minimum absolute atomic E-state index is 0.416. The molecule has 20 heavy (non-hydrogen) atoms. The minimum atomic E-state index is 0.416. The first-order valence-corrected chi connectivity index (χ1v) is 8.57. The highest BCUT2D eigenvalue weighted by Crippen LogP contribution is 2.27. The SMILES string of the molecule is CN1CCOC(CN2CCNC(C3CCCCC3)C2)C1. The third-order valence-electron chi connectivity index (χ3n) is 5.31. The summed E-state index contributed by atoms with van der Waals surface area (Å²) in [5.74, 6) is 0.918. The fraction of sp³-hybridized carbons (Fsp3) is 1.00. The fourth-order valence-electron chi connectivity index (χ4n) is 4.13. The van der Waals surface area contributed by atoms with Gasteiger partial charge in [-0.1, -0.05) is 19.3 Å². The van der Waals surface area contributed by atoms with Crippen LogP contribution in [0.5, 0.6) is 0 Å². The van der Waals surface area contributed by atoms with Crippen LogP contribution in [0.15, 0.2) is 0 Å². The van der Waals surface area contributed by atoms with Crippen molar-refractivity contribution in [3.8, 4) is 0 Å². The quantitative estimate of drug-likeness (QED) is 0.840. The third-order valence-corrected chi connectivity index (χ3v) is 5.31. The minimum Gasteiger partial charge on any atom is -0.374 e. The van der Waals surface area contributed by atoms with E-state index in [0.29, 0.717) is 6.10 Å². The summed E-state index contributed by atoms with van der Waals surface area (Å²) >= 11 is 0. The number of hydrogen-bond acceptors (Lipinski definition) is 4. The Bertz CT molecular complexity index is 293. The lowest BCUT2D eigenvalue weighted by molar-refractivity contribution is -0.0401. The van der Waals surface area contributed by atoms with E-state index in [1.807, 2.05) is 0 Å². The Balaban J connectivity index is 1.47. The van der Waals surface area contributed by atoms with Crippen molar-refractivity contribution in [1.82, 2.24) is 15.1 Å². The van der Waals surface area contributed by atoms with E-state index in [-0.39, 0.29) is 0 Å². The fourth-order valence-corrected chi connectivity index (χ4v) is 4.13. The summed E-state index contributed by atoms with van der Waals surface area (Å²) in [4.78, 5) is 5.04. The van der Waals surface area contributed by atoms with Gasteiger partial charge in [-0.2, -0.15) is 0 Å². The molecule has 116 valence electrons. The van der Waals surface area contributed by atoms with Gasteiger partial charge >= 0.3 is 0 Å². The zero-order chi connectivity index (χ0) is 13.8. The van der Waals surface area contributed by atoms with Gasteiger partial charge in [-0.25, -0.2) is 0 Å². The van der Waals surface area contributed by atoms with E-state index >= 15 is 0 Å². The standard InChI is InChI=1S/C16H31N3O/c1-18-9-10-20-15(11-18)12-19-8-7-17-16(13-19)14-5-3-2-4-6-14/h14-17H,2-13H2,1H3. The summed E-state index contributed by atoms with van der Waals surface area (Å²) in [7, 11) is 2.21. The summed E-state index contributed by atoms with van der Waals surface area (Å²) < 4.78 is 5.93. The molecule has 3 aliphatic rings. The van der Waals surface area contributed by atoms with Gasteiger partial charge in [-0.15, -0.1) is 0 Å². The Morgan fingerprint density at radius 3 is 2.75 bits per heavy atom. The molecule has 3 fully saturated rings. The summed E-state index contributed by atoms with van der Waals surface area (Å²) in [5.41, 5.74) is 0. The molecule has 0 aromatic heterocycles. The van der Waals surface area contributed by atoms with Crippen molar-refractivity contribution >= 4 is 0 Å². The van der Waals surface area contributed by atoms with Gasteiger partial charge in [0.1, 0.15) is 0 Å². The molecule has 0 amide bonds. The highest BCUT2D eigenvalue weighted by atomic mass is 16.5. The first kappa shape index (κ1) is 14.8. The maximum atomic E-state index is 5.93. The number of hydrogen-bond donors (Lipinski definition) is 1. The molecule has 0 aromatic rings. The number of piperazine rings is 1. The molecular weight excluding hydrogens is 250 g/mol. The largest absolute Gasteiger partial charge is 0.374 e. The second-order valence-electron chi connectivity index (χ2n) is 6.97. The molecule has 2 heterocycles. The second-order valence-corrected chi connectivity index (χ2v) is 6.97. The summed E-state index contributed by atoms with van der Waals surface area (Å²) in [6, 6.07) is 0.727. The number of ether oxygens (including phenoxy) is 1. The molecule has 1 aliphatic carbocycles. The topological polar surface area (TPSA) is 27.7 Å². The van der Waals surface area contributed by atoms with E-state index in [2.05, 4.69) is 22.2 Å². The van der Waals surface area contributed by atoms with Gasteiger partial charge in [0.15, 0.2) is 0 Å². The Labute approximate surface area is 123 Å². The number of likely N-dealkylation sites (N-methyl/N-ethyl adjacent to an activating group) is 1. The molecular formula is C16H31N3O. The van der Waals surface area contributed by atoms with Gasteiger partial charge in [0.05, 0.1) is 12.7 Å². The molecule has 2 unspecified atom stereocenters. The summed E-state index contributed by atoms with van der Waals surface area (Å²) in [6.45, 7) is 7.78. The van der Waals surface area contributed by atoms with Crippen LogP contribution < -0.4 is 5.32 Å². The number of nitrogens with zero attached hydrogens (tertiary/aromatic N) is 2. The van der Waals surface area contributed by atoms with E-state index in [1.165, 1.54) is 45.2 Å². The monoisotopic (exact) mass is 281 g/mol. The molecule has 0 radical (unpaired) electrons. The molecule has 1 N–H and O–H groups in total. The van der Waals surface area contributed by atoms with Gasteiger partial charge in [-0.3, -0.25) is 4.90 Å². The Morgan fingerprint density at radius 1 is 1.10 bits per heavy atom. The average molecular weight is 281 g/mol. The van der Waals surface area contributed by atoms with Crippen LogP contribution in [-0.4, -0.2) is 74.9 Å². The van der Waals surface area contributed by atoms with Gasteiger partial charge in [0.25, 0.3) is 0 Å². The van der Waals surface area contributed by atoms with E-state index in [1.54, 1.807) is 0 Å². The van der Waals surface area contributed by atoms with Crippen molar-refractivity contribution in [2.75, 3.05) is 52.9 Å². The molecule has 0 spiro atoms. The molecule has 3 rings (SSSR count). The van der Waals surface area contributed by atoms with Crippen LogP contribution in [0.25, 0.3) is 0 Å². The lowest BCUT2D eigenvalue weighted by Gasteiger charge is -2.41. The second kappa shape index (κ2) is 7.21. The van der Waals surface area contributed by atoms with Crippen molar-refractivity contribution in [1.29, 1.82) is 0 Å². The maximum Gasteiger partial charge on any atom is 0.0829 e. The number of nitrogens with one attached hydrogen (secondary N) is 1. The van der Waals surface area contributed by atoms with Crippen LogP contribution >= 0.6 is 0 Å². The van der Waals surface area contributed by atoms with Crippen LogP contribution in [0.4, 0.5) is 0 Å². The number of rotatable bonds is 3. The Hall–Kier alpha value is -0.160. The molecule has 0 bridgehead atoms. The van der Waals surface area contributed by atoms with Crippen LogP contribution in [0.3, 0.4) is 0 Å². The van der Waals surface area contributed by atoms with Gasteiger partial charge in [0.2, 0.25) is 0 Å². The van der Waals surface area contributed by atoms with Crippen LogP contribution in [-0.2, 0) is 4.74 Å². The van der Waals surface area contributed by atoms with Crippen LogP contribution in [0.1, 0.15) is 32.1 Å². The lowest BCUT2D eigenvalue weighted by atomic mass is 9.83. The Morgan fingerprint density at radius 2 is 1.95 bits per heavy atom. The van der Waals surface area contributed by atoms with E-state index in [9.17, 15) is 0 Å². The van der Waals surface area contributed by atoms with E-state index in [4.69, 9.17) is 4.74 Å². The summed E-state index contributed by atoms with van der Waals surface area (Å²) in [6.07, 6.45) is 7.63. The van der Waals surface area contributed by atoms with Gasteiger partial charge in [-0.05, 0) is 25.8 Å². The van der Waals surface area contributed by atoms with Gasteiger partial charge < -0.3 is 15.0 Å². The van der Waals surface area contributed by atoms with Crippen LogP contribution in [0, 0.1) is 5.92 Å². The Kier molecular flexibility index (Phi) is 5.32. The molecule has 4 heteroatoms. The average Bonchev–Trinajstić information content (AvgIpc) is 2.48. The smallest absolute Gasteiger partial charge is 0.0829 e. The van der Waals surface area contributed by atoms with Crippen molar-refractivity contribution < 1.29 is 4.74 Å². The maximum absolute atomic E-state index is 5.93. The van der Waals surface area contributed by atoms with Crippen molar-refractivity contribution in [3.05, 3.63) is 0 Å². The normalized spacial score (nSPS) is 35.2. The first-order chi connectivity index (χ1) is 9.81. The van der Waals surface area contributed by atoms with E-state index in [0.717, 1.165) is 44.7 Å². The summed E-state index contributed by atoms with van der Waals surface area (Å²) in [5, 5.41) is 3.77. The van der Waals surface area contributed by atoms with E-state index < -0.39 is 0 Å². The molecule has 0 aromatic carbocycles. The molecule has 2 aliphatic heterocycles. The zero-order valence-electron chi connectivity index (χ0n) is 13.0. The van der Waals surface area contributed by atoms with Crippen molar-refractivity contribution in [2.24, 2.45) is 5.92 Å².